The molecule has 2 aromatic heterocycles. The normalized spacial score (nSPS) is 18.0. The van der Waals surface area contributed by atoms with Crippen molar-refractivity contribution in [3.8, 4) is 0 Å². The van der Waals surface area contributed by atoms with Gasteiger partial charge >= 0.3 is 0 Å². The molecule has 0 saturated carbocycles. The molecule has 0 aliphatic carbocycles. The van der Waals surface area contributed by atoms with Gasteiger partial charge in [0.2, 0.25) is 0 Å². The van der Waals surface area contributed by atoms with E-state index in [2.05, 4.69) is 22.7 Å². The van der Waals surface area contributed by atoms with Crippen LogP contribution in [0.25, 0.3) is 11.0 Å². The highest BCUT2D eigenvalue weighted by atomic mass is 16.2. The average molecular weight is 320 g/mol. The summed E-state index contributed by atoms with van der Waals surface area (Å²) < 4.78 is 2.16. The molecule has 0 spiro atoms. The summed E-state index contributed by atoms with van der Waals surface area (Å²) in [6.07, 6.45) is 3.72. The monoisotopic (exact) mass is 320 g/mol. The Hall–Kier alpha value is -2.69. The minimum atomic E-state index is 0.0130. The van der Waals surface area contributed by atoms with Crippen LogP contribution < -0.4 is 0 Å². The molecule has 0 radical (unpaired) electrons. The van der Waals surface area contributed by atoms with Gasteiger partial charge in [0.15, 0.2) is 0 Å². The second kappa shape index (κ2) is 6.07. The first kappa shape index (κ1) is 14.9. The highest BCUT2D eigenvalue weighted by Crippen LogP contribution is 2.29. The predicted molar refractivity (Wildman–Crippen MR) is 92.8 cm³/mol. The second-order valence-electron chi connectivity index (χ2n) is 6.32. The Labute approximate surface area is 140 Å². The Bertz CT molecular complexity index is 871. The van der Waals surface area contributed by atoms with Gasteiger partial charge in [-0.1, -0.05) is 18.2 Å². The van der Waals surface area contributed by atoms with Crippen molar-refractivity contribution in [3.63, 3.8) is 0 Å². The number of benzene rings is 1. The second-order valence-corrected chi connectivity index (χ2v) is 6.32. The van der Waals surface area contributed by atoms with Crippen molar-refractivity contribution in [1.29, 1.82) is 0 Å². The van der Waals surface area contributed by atoms with Gasteiger partial charge in [-0.05, 0) is 37.1 Å². The van der Waals surface area contributed by atoms with Crippen LogP contribution in [0, 0.1) is 0 Å². The number of amides is 1. The quantitative estimate of drug-likeness (QED) is 0.729. The summed E-state index contributed by atoms with van der Waals surface area (Å²) in [5, 5.41) is 0. The lowest BCUT2D eigenvalue weighted by atomic mass is 9.97. The Morgan fingerprint density at radius 2 is 2.00 bits per heavy atom. The van der Waals surface area contributed by atoms with Crippen LogP contribution >= 0.6 is 0 Å². The predicted octanol–water partition coefficient (Wildman–Crippen LogP) is 2.99. The summed E-state index contributed by atoms with van der Waals surface area (Å²) in [7, 11) is 2.06. The molecule has 5 nitrogen and oxygen atoms in total. The number of nitrogens with zero attached hydrogens (tertiary/aromatic N) is 4. The SMILES string of the molecule is Cn1c(C2CCCN(C(=O)c3ccccn3)C2)nc2ccccc21. The zero-order valence-corrected chi connectivity index (χ0v) is 13.7. The molecule has 122 valence electrons. The summed E-state index contributed by atoms with van der Waals surface area (Å²) in [5.41, 5.74) is 2.67. The molecule has 3 aromatic rings. The van der Waals surface area contributed by atoms with Gasteiger partial charge in [0.25, 0.3) is 5.91 Å². The van der Waals surface area contributed by atoms with Crippen LogP contribution in [0.4, 0.5) is 0 Å². The molecule has 1 unspecified atom stereocenters. The first-order valence-electron chi connectivity index (χ1n) is 8.35. The maximum atomic E-state index is 12.7. The number of carbonyl (C=O) groups excluding carboxylic acids is 1. The van der Waals surface area contributed by atoms with Crippen molar-refractivity contribution in [2.45, 2.75) is 18.8 Å². The van der Waals surface area contributed by atoms with E-state index in [0.29, 0.717) is 12.2 Å². The Kier molecular flexibility index (Phi) is 3.76. The minimum absolute atomic E-state index is 0.0130. The van der Waals surface area contributed by atoms with Crippen molar-refractivity contribution in [2.75, 3.05) is 13.1 Å². The van der Waals surface area contributed by atoms with Gasteiger partial charge in [-0.3, -0.25) is 9.78 Å². The van der Waals surface area contributed by atoms with Crippen LogP contribution in [-0.4, -0.2) is 38.4 Å². The maximum Gasteiger partial charge on any atom is 0.272 e. The molecule has 0 N–H and O–H groups in total. The zero-order chi connectivity index (χ0) is 16.5. The molecular weight excluding hydrogens is 300 g/mol. The van der Waals surface area contributed by atoms with E-state index in [1.807, 2.05) is 35.2 Å². The van der Waals surface area contributed by atoms with Crippen molar-refractivity contribution in [2.24, 2.45) is 7.05 Å². The van der Waals surface area contributed by atoms with Crippen LogP contribution in [-0.2, 0) is 7.05 Å². The smallest absolute Gasteiger partial charge is 0.272 e. The number of aryl methyl sites for hydroxylation is 1. The van der Waals surface area contributed by atoms with Gasteiger partial charge < -0.3 is 9.47 Å². The van der Waals surface area contributed by atoms with Gasteiger partial charge in [0.1, 0.15) is 11.5 Å². The van der Waals surface area contributed by atoms with Crippen LogP contribution in [0.3, 0.4) is 0 Å². The Morgan fingerprint density at radius 3 is 2.79 bits per heavy atom. The number of para-hydroxylation sites is 2. The molecule has 24 heavy (non-hydrogen) atoms. The van der Waals surface area contributed by atoms with Gasteiger partial charge in [-0.25, -0.2) is 4.98 Å². The molecule has 3 heterocycles. The molecular formula is C19H20N4O. The highest BCUT2D eigenvalue weighted by Gasteiger charge is 2.28. The first-order valence-corrected chi connectivity index (χ1v) is 8.35. The Balaban J connectivity index is 1.60. The van der Waals surface area contributed by atoms with Gasteiger partial charge in [-0.15, -0.1) is 0 Å². The molecule has 1 atom stereocenters. The average Bonchev–Trinajstić information content (AvgIpc) is 2.99. The lowest BCUT2D eigenvalue weighted by Gasteiger charge is -2.32. The summed E-state index contributed by atoms with van der Waals surface area (Å²) >= 11 is 0. The van der Waals surface area contributed by atoms with Gasteiger partial charge in [-0.2, -0.15) is 0 Å². The van der Waals surface area contributed by atoms with E-state index in [4.69, 9.17) is 4.98 Å². The molecule has 1 aromatic carbocycles. The molecule has 4 rings (SSSR count). The van der Waals surface area contributed by atoms with E-state index < -0.39 is 0 Å². The number of rotatable bonds is 2. The fourth-order valence-electron chi connectivity index (χ4n) is 3.55. The number of piperidine rings is 1. The van der Waals surface area contributed by atoms with Gasteiger partial charge in [0.05, 0.1) is 11.0 Å². The van der Waals surface area contributed by atoms with Crippen LogP contribution in [0.1, 0.15) is 35.1 Å². The number of hydrogen-bond donors (Lipinski definition) is 0. The number of aromatic nitrogens is 3. The number of pyridine rings is 1. The van der Waals surface area contributed by atoms with E-state index in [1.54, 1.807) is 12.3 Å². The van der Waals surface area contributed by atoms with Crippen molar-refractivity contribution in [1.82, 2.24) is 19.4 Å². The van der Waals surface area contributed by atoms with Gasteiger partial charge in [0, 0.05) is 32.3 Å². The number of carbonyl (C=O) groups is 1. The van der Waals surface area contributed by atoms with E-state index in [9.17, 15) is 4.79 Å². The van der Waals surface area contributed by atoms with Crippen molar-refractivity contribution >= 4 is 16.9 Å². The van der Waals surface area contributed by atoms with Crippen molar-refractivity contribution in [3.05, 3.63) is 60.2 Å². The summed E-state index contributed by atoms with van der Waals surface area (Å²) in [5.74, 6) is 1.34. The number of likely N-dealkylation sites (tertiary alicyclic amines) is 1. The fraction of sp³-hybridized carbons (Fsp3) is 0.316. The molecule has 1 aliphatic rings. The molecule has 1 fully saturated rings. The zero-order valence-electron chi connectivity index (χ0n) is 13.7. The first-order chi connectivity index (χ1) is 11.7. The lowest BCUT2D eigenvalue weighted by Crippen LogP contribution is -2.40. The largest absolute Gasteiger partial charge is 0.337 e. The van der Waals surface area contributed by atoms with E-state index >= 15 is 0 Å². The highest BCUT2D eigenvalue weighted by molar-refractivity contribution is 5.92. The molecule has 1 aliphatic heterocycles. The van der Waals surface area contributed by atoms with Crippen LogP contribution in [0.5, 0.6) is 0 Å². The fourth-order valence-corrected chi connectivity index (χ4v) is 3.55. The number of fused-ring (bicyclic) bond motifs is 1. The molecule has 5 heteroatoms. The third-order valence-electron chi connectivity index (χ3n) is 4.78. The van der Waals surface area contributed by atoms with Crippen LogP contribution in [0.2, 0.25) is 0 Å². The van der Waals surface area contributed by atoms with E-state index in [-0.39, 0.29) is 11.8 Å². The third kappa shape index (κ3) is 2.56. The minimum Gasteiger partial charge on any atom is -0.337 e. The lowest BCUT2D eigenvalue weighted by molar-refractivity contribution is 0.0698. The third-order valence-corrected chi connectivity index (χ3v) is 4.78. The Morgan fingerprint density at radius 1 is 1.17 bits per heavy atom. The molecule has 0 bridgehead atoms. The maximum absolute atomic E-state index is 12.7. The number of imidazole rings is 1. The standard InChI is InChI=1S/C19H20N4O/c1-22-17-10-3-2-8-15(17)21-18(22)14-7-6-12-23(13-14)19(24)16-9-4-5-11-20-16/h2-5,8-11,14H,6-7,12-13H2,1H3. The summed E-state index contributed by atoms with van der Waals surface area (Å²) in [6.45, 7) is 1.49. The number of hydrogen-bond acceptors (Lipinski definition) is 3. The molecule has 1 amide bonds. The van der Waals surface area contributed by atoms with Crippen molar-refractivity contribution < 1.29 is 4.79 Å². The van der Waals surface area contributed by atoms with Crippen LogP contribution in [0.15, 0.2) is 48.7 Å². The summed E-state index contributed by atoms with van der Waals surface area (Å²) in [4.78, 5) is 23.6. The summed E-state index contributed by atoms with van der Waals surface area (Å²) in [6, 6.07) is 13.6. The van der Waals surface area contributed by atoms with E-state index in [0.717, 1.165) is 36.2 Å². The van der Waals surface area contributed by atoms with E-state index in [1.165, 1.54) is 0 Å². The topological polar surface area (TPSA) is 51.0 Å². The molecule has 1 saturated heterocycles.